The minimum Gasteiger partial charge on any atom is -0.468 e. The van der Waals surface area contributed by atoms with E-state index in [2.05, 4.69) is 20.4 Å². The van der Waals surface area contributed by atoms with Crippen molar-refractivity contribution in [3.8, 4) is 5.88 Å². The van der Waals surface area contributed by atoms with Crippen LogP contribution in [0.4, 0.5) is 13.2 Å². The number of pyridine rings is 1. The third-order valence-electron chi connectivity index (χ3n) is 4.53. The maximum Gasteiger partial charge on any atom is 0.422 e. The van der Waals surface area contributed by atoms with Gasteiger partial charge >= 0.3 is 6.18 Å². The Morgan fingerprint density at radius 3 is 2.67 bits per heavy atom. The first kappa shape index (κ1) is 19.6. The summed E-state index contributed by atoms with van der Waals surface area (Å²) in [5, 5.41) is 6.90. The number of nitrogens with one attached hydrogen (secondary N) is 1. The van der Waals surface area contributed by atoms with Gasteiger partial charge in [0.1, 0.15) is 0 Å². The summed E-state index contributed by atoms with van der Waals surface area (Å²) < 4.78 is 47.7. The molecule has 0 radical (unpaired) electrons. The lowest BCUT2D eigenvalue weighted by molar-refractivity contribution is -0.154. The smallest absolute Gasteiger partial charge is 0.422 e. The Morgan fingerprint density at radius 2 is 2.00 bits per heavy atom. The maximum absolute atomic E-state index is 12.5. The van der Waals surface area contributed by atoms with E-state index < -0.39 is 12.8 Å². The van der Waals surface area contributed by atoms with E-state index in [-0.39, 0.29) is 11.8 Å². The van der Waals surface area contributed by atoms with Crippen LogP contribution in [0.5, 0.6) is 5.88 Å². The van der Waals surface area contributed by atoms with E-state index in [9.17, 15) is 13.2 Å². The van der Waals surface area contributed by atoms with Crippen molar-refractivity contribution in [2.45, 2.75) is 64.2 Å². The van der Waals surface area contributed by atoms with Crippen LogP contribution in [-0.4, -0.2) is 27.9 Å². The summed E-state index contributed by atoms with van der Waals surface area (Å²) >= 11 is 0. The molecule has 6 nitrogen and oxygen atoms in total. The van der Waals surface area contributed by atoms with Gasteiger partial charge in [-0.15, -0.1) is 0 Å². The zero-order chi connectivity index (χ0) is 19.3. The summed E-state index contributed by atoms with van der Waals surface area (Å²) in [4.78, 5) is 8.28. The van der Waals surface area contributed by atoms with Gasteiger partial charge in [0, 0.05) is 18.3 Å². The standard InChI is InChI=1S/C18H23F3N4O2/c1-12-24-16(27-25-12)10-22-8-13-7-15(14-5-3-2-4-6-14)17(23-9-13)26-11-18(19,20)21/h7,9,14,22H,2-6,8,10-11H2,1H3. The second-order valence-corrected chi connectivity index (χ2v) is 6.82. The summed E-state index contributed by atoms with van der Waals surface area (Å²) in [7, 11) is 0. The van der Waals surface area contributed by atoms with Gasteiger partial charge in [0.2, 0.25) is 11.8 Å². The summed E-state index contributed by atoms with van der Waals surface area (Å²) in [5.74, 6) is 1.33. The number of aromatic nitrogens is 3. The molecule has 0 aliphatic heterocycles. The molecule has 2 aromatic heterocycles. The van der Waals surface area contributed by atoms with Crippen molar-refractivity contribution in [1.82, 2.24) is 20.4 Å². The number of hydrogen-bond acceptors (Lipinski definition) is 6. The van der Waals surface area contributed by atoms with Crippen LogP contribution in [0.25, 0.3) is 0 Å². The van der Waals surface area contributed by atoms with Crippen LogP contribution in [0.15, 0.2) is 16.8 Å². The number of rotatable bonds is 7. The van der Waals surface area contributed by atoms with E-state index in [1.807, 2.05) is 6.07 Å². The van der Waals surface area contributed by atoms with Crippen molar-refractivity contribution in [2.75, 3.05) is 6.61 Å². The molecule has 2 heterocycles. The summed E-state index contributed by atoms with van der Waals surface area (Å²) in [5.41, 5.74) is 1.65. The van der Waals surface area contributed by atoms with E-state index in [4.69, 9.17) is 9.26 Å². The number of ether oxygens (including phenoxy) is 1. The molecule has 9 heteroatoms. The average molecular weight is 384 g/mol. The first-order valence-corrected chi connectivity index (χ1v) is 9.09. The van der Waals surface area contributed by atoms with Gasteiger partial charge in [0.25, 0.3) is 0 Å². The number of halogens is 3. The van der Waals surface area contributed by atoms with Gasteiger partial charge in [-0.3, -0.25) is 0 Å². The molecular weight excluding hydrogens is 361 g/mol. The fraction of sp³-hybridized carbons (Fsp3) is 0.611. The Balaban J connectivity index is 1.68. The van der Waals surface area contributed by atoms with Crippen LogP contribution in [-0.2, 0) is 13.1 Å². The van der Waals surface area contributed by atoms with Crippen molar-refractivity contribution in [2.24, 2.45) is 0 Å². The third kappa shape index (κ3) is 5.92. The lowest BCUT2D eigenvalue weighted by Gasteiger charge is -2.24. The molecule has 0 atom stereocenters. The highest BCUT2D eigenvalue weighted by Crippen LogP contribution is 2.37. The van der Waals surface area contributed by atoms with Gasteiger partial charge in [0.05, 0.1) is 6.54 Å². The molecule has 3 rings (SSSR count). The minimum absolute atomic E-state index is 0.0931. The quantitative estimate of drug-likeness (QED) is 0.776. The van der Waals surface area contributed by atoms with E-state index in [0.717, 1.165) is 43.2 Å². The van der Waals surface area contributed by atoms with Gasteiger partial charge in [-0.05, 0) is 37.3 Å². The van der Waals surface area contributed by atoms with Crippen molar-refractivity contribution < 1.29 is 22.4 Å². The number of aryl methyl sites for hydroxylation is 1. The van der Waals surface area contributed by atoms with E-state index in [0.29, 0.717) is 24.8 Å². The van der Waals surface area contributed by atoms with Crippen LogP contribution < -0.4 is 10.1 Å². The molecule has 27 heavy (non-hydrogen) atoms. The fourth-order valence-corrected chi connectivity index (χ4v) is 3.31. The average Bonchev–Trinajstić information content (AvgIpc) is 3.06. The Bertz CT molecular complexity index is 742. The lowest BCUT2D eigenvalue weighted by Crippen LogP contribution is -2.21. The Labute approximate surface area is 155 Å². The molecule has 0 saturated heterocycles. The first-order chi connectivity index (χ1) is 12.9. The van der Waals surface area contributed by atoms with Crippen molar-refractivity contribution in [3.05, 3.63) is 35.1 Å². The highest BCUT2D eigenvalue weighted by molar-refractivity contribution is 5.33. The number of alkyl halides is 3. The summed E-state index contributed by atoms with van der Waals surface area (Å²) in [6.45, 7) is 1.32. The van der Waals surface area contributed by atoms with E-state index in [1.54, 1.807) is 13.1 Å². The lowest BCUT2D eigenvalue weighted by atomic mass is 9.84. The van der Waals surface area contributed by atoms with Gasteiger partial charge in [-0.1, -0.05) is 24.4 Å². The van der Waals surface area contributed by atoms with E-state index in [1.165, 1.54) is 0 Å². The molecule has 1 aliphatic rings. The topological polar surface area (TPSA) is 73.1 Å². The SMILES string of the molecule is Cc1noc(CNCc2cnc(OCC(F)(F)F)c(C3CCCCC3)c2)n1. The van der Waals surface area contributed by atoms with Crippen LogP contribution in [0.3, 0.4) is 0 Å². The van der Waals surface area contributed by atoms with Gasteiger partial charge in [-0.25, -0.2) is 4.98 Å². The predicted molar refractivity (Wildman–Crippen MR) is 91.2 cm³/mol. The highest BCUT2D eigenvalue weighted by Gasteiger charge is 2.30. The summed E-state index contributed by atoms with van der Waals surface area (Å²) in [6, 6.07) is 1.90. The number of nitrogens with zero attached hydrogens (tertiary/aromatic N) is 3. The molecule has 2 aromatic rings. The molecule has 1 saturated carbocycles. The normalized spacial score (nSPS) is 15.9. The molecule has 1 aliphatic carbocycles. The molecule has 0 aromatic carbocycles. The number of hydrogen-bond donors (Lipinski definition) is 1. The zero-order valence-electron chi connectivity index (χ0n) is 15.2. The molecule has 0 bridgehead atoms. The molecule has 0 amide bonds. The molecule has 1 N–H and O–H groups in total. The fourth-order valence-electron chi connectivity index (χ4n) is 3.31. The molecule has 1 fully saturated rings. The molecule has 0 unspecified atom stereocenters. The van der Waals surface area contributed by atoms with Crippen LogP contribution in [0, 0.1) is 6.92 Å². The maximum atomic E-state index is 12.5. The van der Waals surface area contributed by atoms with Crippen LogP contribution >= 0.6 is 0 Å². The molecule has 148 valence electrons. The first-order valence-electron chi connectivity index (χ1n) is 9.09. The van der Waals surface area contributed by atoms with E-state index >= 15 is 0 Å². The van der Waals surface area contributed by atoms with Crippen LogP contribution in [0.2, 0.25) is 0 Å². The second-order valence-electron chi connectivity index (χ2n) is 6.82. The predicted octanol–water partition coefficient (Wildman–Crippen LogP) is 4.05. The van der Waals surface area contributed by atoms with Gasteiger partial charge in [0.15, 0.2) is 12.4 Å². The van der Waals surface area contributed by atoms with Crippen LogP contribution in [0.1, 0.15) is 60.9 Å². The minimum atomic E-state index is -4.38. The Morgan fingerprint density at radius 1 is 1.22 bits per heavy atom. The molecule has 0 spiro atoms. The Kier molecular flexibility index (Phi) is 6.30. The monoisotopic (exact) mass is 384 g/mol. The highest BCUT2D eigenvalue weighted by atomic mass is 19.4. The summed E-state index contributed by atoms with van der Waals surface area (Å²) in [6.07, 6.45) is 2.36. The van der Waals surface area contributed by atoms with Gasteiger partial charge in [-0.2, -0.15) is 18.2 Å². The van der Waals surface area contributed by atoms with Crippen molar-refractivity contribution in [3.63, 3.8) is 0 Å². The van der Waals surface area contributed by atoms with Crippen molar-refractivity contribution in [1.29, 1.82) is 0 Å². The zero-order valence-corrected chi connectivity index (χ0v) is 15.2. The largest absolute Gasteiger partial charge is 0.468 e. The van der Waals surface area contributed by atoms with Gasteiger partial charge < -0.3 is 14.6 Å². The molecular formula is C18H23F3N4O2. The Hall–Kier alpha value is -2.16. The second kappa shape index (κ2) is 8.69. The van der Waals surface area contributed by atoms with Crippen molar-refractivity contribution >= 4 is 0 Å². The third-order valence-corrected chi connectivity index (χ3v) is 4.53.